The monoisotopic (exact) mass is 395 g/mol. The number of carbonyl (C=O) groups is 1. The molecule has 0 saturated carbocycles. The largest absolute Gasteiger partial charge is 0.492 e. The van der Waals surface area contributed by atoms with Crippen LogP contribution in [0, 0.1) is 5.82 Å². The molecule has 0 spiro atoms. The molecule has 0 unspecified atom stereocenters. The highest BCUT2D eigenvalue weighted by Gasteiger charge is 2.14. The van der Waals surface area contributed by atoms with Gasteiger partial charge >= 0.3 is 0 Å². The summed E-state index contributed by atoms with van der Waals surface area (Å²) in [6.45, 7) is 2.19. The molecular formula is C21H18FN3O2S. The van der Waals surface area contributed by atoms with E-state index >= 15 is 0 Å². The third-order valence-electron chi connectivity index (χ3n) is 4.21. The summed E-state index contributed by atoms with van der Waals surface area (Å²) in [4.78, 5) is 18.0. The zero-order valence-corrected chi connectivity index (χ0v) is 16.0. The van der Waals surface area contributed by atoms with Crippen LogP contribution in [0.4, 0.5) is 10.1 Å². The second kappa shape index (κ2) is 7.82. The highest BCUT2D eigenvalue weighted by atomic mass is 32.1. The number of nitrogens with one attached hydrogen (secondary N) is 1. The lowest BCUT2D eigenvalue weighted by molar-refractivity contribution is -0.115. The molecule has 28 heavy (non-hydrogen) atoms. The van der Waals surface area contributed by atoms with Crippen molar-refractivity contribution in [3.63, 3.8) is 0 Å². The molecule has 0 bridgehead atoms. The number of anilines is 1. The fraction of sp³-hybridized carbons (Fsp3) is 0.143. The first-order chi connectivity index (χ1) is 13.6. The first-order valence-corrected chi connectivity index (χ1v) is 9.75. The Hall–Kier alpha value is -3.19. The number of nitrogens with zero attached hydrogens (tertiary/aromatic N) is 2. The van der Waals surface area contributed by atoms with Crippen LogP contribution < -0.4 is 10.1 Å². The number of hydrogen-bond acceptors (Lipinski definition) is 4. The van der Waals surface area contributed by atoms with Gasteiger partial charge in [-0.2, -0.15) is 0 Å². The number of carbonyl (C=O) groups excluding carboxylic acids is 1. The summed E-state index contributed by atoms with van der Waals surface area (Å²) in [6.07, 6.45) is 2.11. The van der Waals surface area contributed by atoms with Crippen LogP contribution >= 0.6 is 11.3 Å². The normalized spacial score (nSPS) is 10.9. The number of benzene rings is 2. The lowest BCUT2D eigenvalue weighted by Crippen LogP contribution is -2.16. The van der Waals surface area contributed by atoms with E-state index < -0.39 is 5.82 Å². The summed E-state index contributed by atoms with van der Waals surface area (Å²) < 4.78 is 20.8. The van der Waals surface area contributed by atoms with Crippen LogP contribution in [0.1, 0.15) is 12.6 Å². The van der Waals surface area contributed by atoms with Crippen molar-refractivity contribution in [2.75, 3.05) is 11.9 Å². The van der Waals surface area contributed by atoms with Crippen molar-refractivity contribution >= 4 is 27.9 Å². The third-order valence-corrected chi connectivity index (χ3v) is 5.10. The Morgan fingerprint density at radius 1 is 1.25 bits per heavy atom. The van der Waals surface area contributed by atoms with Crippen LogP contribution in [0.5, 0.6) is 5.75 Å². The van der Waals surface area contributed by atoms with Gasteiger partial charge < -0.3 is 10.1 Å². The predicted octanol–water partition coefficient (Wildman–Crippen LogP) is 4.78. The van der Waals surface area contributed by atoms with Gasteiger partial charge in [0.1, 0.15) is 11.6 Å². The molecule has 4 aromatic rings. The average Bonchev–Trinajstić information content (AvgIpc) is 3.27. The topological polar surface area (TPSA) is 55.6 Å². The number of ether oxygens (including phenoxy) is 1. The number of hydrogen-bond donors (Lipinski definition) is 1. The molecule has 0 radical (unpaired) electrons. The second-order valence-corrected chi connectivity index (χ2v) is 7.01. The summed E-state index contributed by atoms with van der Waals surface area (Å²) in [6, 6.07) is 14.0. The molecule has 4 rings (SSSR count). The molecule has 0 aliphatic rings. The molecule has 2 aromatic heterocycles. The Morgan fingerprint density at radius 2 is 2.07 bits per heavy atom. The minimum Gasteiger partial charge on any atom is -0.492 e. The molecule has 2 aromatic carbocycles. The Labute approximate surface area is 165 Å². The van der Waals surface area contributed by atoms with E-state index in [-0.39, 0.29) is 12.3 Å². The number of rotatable bonds is 6. The second-order valence-electron chi connectivity index (χ2n) is 6.17. The van der Waals surface area contributed by atoms with Crippen molar-refractivity contribution in [2.24, 2.45) is 0 Å². The van der Waals surface area contributed by atoms with E-state index in [0.717, 1.165) is 21.9 Å². The lowest BCUT2D eigenvalue weighted by atomic mass is 10.2. The highest BCUT2D eigenvalue weighted by molar-refractivity contribution is 7.15. The fourth-order valence-corrected chi connectivity index (χ4v) is 3.81. The average molecular weight is 395 g/mol. The quantitative estimate of drug-likeness (QED) is 0.511. The number of fused-ring (bicyclic) bond motifs is 1. The van der Waals surface area contributed by atoms with Crippen LogP contribution in [-0.4, -0.2) is 21.9 Å². The van der Waals surface area contributed by atoms with Crippen molar-refractivity contribution in [1.82, 2.24) is 9.38 Å². The Balaban J connectivity index is 1.54. The minimum absolute atomic E-state index is 0.174. The van der Waals surface area contributed by atoms with Gasteiger partial charge in [-0.25, -0.2) is 9.37 Å². The summed E-state index contributed by atoms with van der Waals surface area (Å²) in [5, 5.41) is 4.73. The number of aromatic nitrogens is 2. The first-order valence-electron chi connectivity index (χ1n) is 8.87. The van der Waals surface area contributed by atoms with E-state index in [9.17, 15) is 9.18 Å². The van der Waals surface area contributed by atoms with Crippen LogP contribution in [0.25, 0.3) is 16.2 Å². The van der Waals surface area contributed by atoms with Crippen molar-refractivity contribution in [2.45, 2.75) is 13.3 Å². The van der Waals surface area contributed by atoms with Crippen molar-refractivity contribution in [1.29, 1.82) is 0 Å². The lowest BCUT2D eigenvalue weighted by Gasteiger charge is -2.11. The maximum atomic E-state index is 13.4. The van der Waals surface area contributed by atoms with E-state index in [1.165, 1.54) is 29.5 Å². The molecule has 1 amide bonds. The zero-order valence-electron chi connectivity index (χ0n) is 15.2. The van der Waals surface area contributed by atoms with Crippen LogP contribution in [-0.2, 0) is 11.2 Å². The van der Waals surface area contributed by atoms with Crippen molar-refractivity contribution in [3.8, 4) is 17.0 Å². The maximum absolute atomic E-state index is 13.4. The molecule has 0 saturated heterocycles. The summed E-state index contributed by atoms with van der Waals surface area (Å²) >= 11 is 1.49. The molecule has 0 aliphatic carbocycles. The molecular weight excluding hydrogens is 377 g/mol. The predicted molar refractivity (Wildman–Crippen MR) is 108 cm³/mol. The van der Waals surface area contributed by atoms with E-state index in [2.05, 4.69) is 10.3 Å². The molecule has 7 heteroatoms. The minimum atomic E-state index is -0.409. The summed E-state index contributed by atoms with van der Waals surface area (Å²) in [7, 11) is 0. The number of imidazole rings is 1. The number of amides is 1. The van der Waals surface area contributed by atoms with Gasteiger partial charge in [0.25, 0.3) is 0 Å². The van der Waals surface area contributed by atoms with E-state index in [1.807, 2.05) is 53.2 Å². The maximum Gasteiger partial charge on any atom is 0.230 e. The zero-order chi connectivity index (χ0) is 19.5. The van der Waals surface area contributed by atoms with Gasteiger partial charge in [-0.1, -0.05) is 30.3 Å². The van der Waals surface area contributed by atoms with Gasteiger partial charge in [-0.05, 0) is 19.1 Å². The van der Waals surface area contributed by atoms with Crippen molar-refractivity contribution in [3.05, 3.63) is 71.6 Å². The summed E-state index contributed by atoms with van der Waals surface area (Å²) in [5.41, 5.74) is 3.19. The summed E-state index contributed by atoms with van der Waals surface area (Å²) in [5.74, 6) is -0.296. The number of thiazole rings is 1. The van der Waals surface area contributed by atoms with Gasteiger partial charge in [0, 0.05) is 28.9 Å². The van der Waals surface area contributed by atoms with Crippen molar-refractivity contribution < 1.29 is 13.9 Å². The van der Waals surface area contributed by atoms with Gasteiger partial charge in [0.2, 0.25) is 5.91 Å². The van der Waals surface area contributed by atoms with Crippen LogP contribution in [0.2, 0.25) is 0 Å². The number of halogens is 1. The Kier molecular flexibility index (Phi) is 5.08. The molecule has 2 heterocycles. The molecule has 0 fully saturated rings. The molecule has 5 nitrogen and oxygen atoms in total. The van der Waals surface area contributed by atoms with Crippen LogP contribution in [0.3, 0.4) is 0 Å². The van der Waals surface area contributed by atoms with Gasteiger partial charge in [-0.3, -0.25) is 9.20 Å². The van der Waals surface area contributed by atoms with E-state index in [4.69, 9.17) is 4.74 Å². The molecule has 142 valence electrons. The third kappa shape index (κ3) is 3.75. The molecule has 0 atom stereocenters. The van der Waals surface area contributed by atoms with Gasteiger partial charge in [-0.15, -0.1) is 11.3 Å². The Morgan fingerprint density at radius 3 is 2.86 bits per heavy atom. The Bertz CT molecular complexity index is 1120. The smallest absolute Gasteiger partial charge is 0.230 e. The van der Waals surface area contributed by atoms with Gasteiger partial charge in [0.15, 0.2) is 4.96 Å². The standard InChI is InChI=1S/C21H18FN3O2S/c1-2-27-19-10-15(22)8-9-17(19)23-20(26)11-16-13-28-21-24-18(12-25(16)21)14-6-4-3-5-7-14/h3-10,12-13H,2,11H2,1H3,(H,23,26). The van der Waals surface area contributed by atoms with E-state index in [0.29, 0.717) is 18.0 Å². The molecule has 1 N–H and O–H groups in total. The van der Waals surface area contributed by atoms with Gasteiger partial charge in [0.05, 0.1) is 24.4 Å². The SMILES string of the molecule is CCOc1cc(F)ccc1NC(=O)Cc1csc2nc(-c3ccccc3)cn12. The van der Waals surface area contributed by atoms with E-state index in [1.54, 1.807) is 0 Å². The molecule has 0 aliphatic heterocycles. The fourth-order valence-electron chi connectivity index (χ4n) is 2.94. The first kappa shape index (κ1) is 18.2. The highest BCUT2D eigenvalue weighted by Crippen LogP contribution is 2.27. The van der Waals surface area contributed by atoms with Crippen LogP contribution in [0.15, 0.2) is 60.1 Å².